The van der Waals surface area contributed by atoms with E-state index in [-0.39, 0.29) is 47.6 Å². The van der Waals surface area contributed by atoms with E-state index in [9.17, 15) is 0 Å². The molecule has 2 atom stereocenters. The van der Waals surface area contributed by atoms with E-state index < -0.39 is 0 Å². The average Bonchev–Trinajstić information content (AvgIpc) is 1.72. The van der Waals surface area contributed by atoms with Gasteiger partial charge in [-0.2, -0.15) is 56.2 Å². The summed E-state index contributed by atoms with van der Waals surface area (Å²) in [6, 6.07) is 12.5. The van der Waals surface area contributed by atoms with Crippen LogP contribution in [-0.4, -0.2) is 0 Å². The molecule has 1 aromatic rings. The smallest absolute Gasteiger partial charge is 0.358 e. The first-order valence-electron chi connectivity index (χ1n) is 1.91. The van der Waals surface area contributed by atoms with Gasteiger partial charge in [0.2, 0.25) is 0 Å². The van der Waals surface area contributed by atoms with E-state index >= 15 is 0 Å². The van der Waals surface area contributed by atoms with E-state index in [2.05, 4.69) is 6.07 Å². The minimum Gasteiger partial charge on any atom is -0.358 e. The van der Waals surface area contributed by atoms with Crippen molar-refractivity contribution in [2.45, 2.75) is 0 Å². The molecule has 0 N–H and O–H groups in total. The first-order valence-corrected chi connectivity index (χ1v) is 1.91. The van der Waals surface area contributed by atoms with Crippen LogP contribution in [0.3, 0.4) is 0 Å². The first kappa shape index (κ1) is 22.4. The summed E-state index contributed by atoms with van der Waals surface area (Å²) in [4.78, 5) is 0. The minimum atomic E-state index is 0. The maximum absolute atomic E-state index is 2.89. The summed E-state index contributed by atoms with van der Waals surface area (Å²) in [6.45, 7) is 0. The molecule has 3 heteroatoms. The molecule has 2 unspecified atom stereocenters. The number of hydrogen-bond donors (Lipinski definition) is 0. The molecule has 0 aromatic heterocycles. The summed E-state index contributed by atoms with van der Waals surface area (Å²) in [5.74, 6) is 0. The summed E-state index contributed by atoms with van der Waals surface area (Å²) in [5.41, 5.74) is 0. The molecule has 0 heterocycles. The molecule has 1 aromatic carbocycles. The topological polar surface area (TPSA) is 0 Å². The second-order valence-electron chi connectivity index (χ2n) is 1.08. The molecule has 0 saturated heterocycles. The Morgan fingerprint density at radius 1 is 0.800 bits per heavy atom. The van der Waals surface area contributed by atoms with Gasteiger partial charge in [-0.3, -0.25) is 0 Å². The third-order valence-corrected chi connectivity index (χ3v) is 0.607. The van der Waals surface area contributed by atoms with Gasteiger partial charge in [0.05, 0.1) is 0 Å². The molecule has 1 rings (SSSR count). The zero-order valence-electron chi connectivity index (χ0n) is 6.12. The molecule has 62 valence electrons. The van der Waals surface area contributed by atoms with Crippen molar-refractivity contribution >= 4 is 19.8 Å². The Kier molecular flexibility index (Phi) is 36.7. The summed E-state index contributed by atoms with van der Waals surface area (Å²) in [5, 5.41) is 0. The monoisotopic (exact) mass is 266 g/mol. The normalized spacial score (nSPS) is 4.80. The molecule has 10 heavy (non-hydrogen) atoms. The Morgan fingerprint density at radius 3 is 1.30 bits per heavy atom. The van der Waals surface area contributed by atoms with Gasteiger partial charge in [-0.05, 0) is 0 Å². The zero-order valence-corrected chi connectivity index (χ0v) is 10.5. The second kappa shape index (κ2) is 16.4. The zero-order chi connectivity index (χ0) is 4.24. The Balaban J connectivity index is -0.0000000450. The van der Waals surface area contributed by atoms with Crippen molar-refractivity contribution in [1.29, 1.82) is 0 Å². The van der Waals surface area contributed by atoms with Crippen molar-refractivity contribution in [1.82, 2.24) is 0 Å². The van der Waals surface area contributed by atoms with Crippen molar-refractivity contribution in [3.05, 3.63) is 43.8 Å². The fourth-order valence-corrected chi connectivity index (χ4v) is 0.342. The summed E-state index contributed by atoms with van der Waals surface area (Å²) >= 11 is 0. The van der Waals surface area contributed by atoms with Crippen LogP contribution in [0.15, 0.2) is 30.3 Å². The van der Waals surface area contributed by atoms with Crippen LogP contribution < -0.4 is 0 Å². The minimum absolute atomic E-state index is 0. The molecule has 0 fully saturated rings. The first-order chi connectivity index (χ1) is 3.00. The molecule has 0 nitrogen and oxygen atoms in total. The number of hydrogen-bond acceptors (Lipinski definition) is 0. The molecular formula is C7H14P2Pd. The van der Waals surface area contributed by atoms with Crippen LogP contribution in [-0.2, 0) is 20.4 Å². The van der Waals surface area contributed by atoms with Gasteiger partial charge >= 0.3 is 20.4 Å². The van der Waals surface area contributed by atoms with E-state index in [1.165, 1.54) is 0 Å². The Bertz CT molecular complexity index is 83.5. The predicted octanol–water partition coefficient (Wildman–Crippen LogP) is 2.05. The van der Waals surface area contributed by atoms with Gasteiger partial charge in [0, 0.05) is 0 Å². The molecule has 0 amide bonds. The van der Waals surface area contributed by atoms with Crippen LogP contribution in [0.4, 0.5) is 0 Å². The third-order valence-electron chi connectivity index (χ3n) is 0.607. The van der Waals surface area contributed by atoms with E-state index in [1.807, 2.05) is 30.3 Å². The predicted molar refractivity (Wildman–Crippen MR) is 53.9 cm³/mol. The van der Waals surface area contributed by atoms with E-state index in [4.69, 9.17) is 0 Å². The third kappa shape index (κ3) is 11.5. The average molecular weight is 267 g/mol. The summed E-state index contributed by atoms with van der Waals surface area (Å²) in [6.07, 6.45) is 0. The quantitative estimate of drug-likeness (QED) is 0.383. The van der Waals surface area contributed by atoms with Gasteiger partial charge in [0.25, 0.3) is 0 Å². The van der Waals surface area contributed by atoms with Crippen molar-refractivity contribution in [2.75, 3.05) is 0 Å². The van der Waals surface area contributed by atoms with Crippen LogP contribution in [0.5, 0.6) is 0 Å². The van der Waals surface area contributed by atoms with Gasteiger partial charge in [-0.15, -0.1) is 0 Å². The van der Waals surface area contributed by atoms with Crippen molar-refractivity contribution < 1.29 is 20.4 Å². The molecular weight excluding hydrogens is 252 g/mol. The van der Waals surface area contributed by atoms with Crippen LogP contribution in [0, 0.1) is 13.5 Å². The van der Waals surface area contributed by atoms with Gasteiger partial charge in [-0.25, -0.2) is 0 Å². The van der Waals surface area contributed by atoms with Gasteiger partial charge in [-0.1, -0.05) is 0 Å². The van der Waals surface area contributed by atoms with E-state index in [1.54, 1.807) is 0 Å². The number of rotatable bonds is 0. The van der Waals surface area contributed by atoms with Crippen molar-refractivity contribution in [3.8, 4) is 0 Å². The maximum atomic E-state index is 2.89. The van der Waals surface area contributed by atoms with E-state index in [0.717, 1.165) is 0 Å². The SMILES string of the molecule is P.P.[CH3-].[Pd+2].[c-]1ccccc1. The molecule has 0 aliphatic rings. The molecule has 0 radical (unpaired) electrons. The Labute approximate surface area is 84.1 Å². The van der Waals surface area contributed by atoms with Gasteiger partial charge in [0.15, 0.2) is 0 Å². The van der Waals surface area contributed by atoms with Crippen LogP contribution in [0.2, 0.25) is 0 Å². The summed E-state index contributed by atoms with van der Waals surface area (Å²) in [7, 11) is 0. The molecule has 0 saturated carbocycles. The molecule has 0 bridgehead atoms. The van der Waals surface area contributed by atoms with Crippen LogP contribution in [0.25, 0.3) is 0 Å². The molecule has 0 aliphatic carbocycles. The summed E-state index contributed by atoms with van der Waals surface area (Å²) < 4.78 is 0. The van der Waals surface area contributed by atoms with Crippen molar-refractivity contribution in [2.24, 2.45) is 0 Å². The van der Waals surface area contributed by atoms with E-state index in [0.29, 0.717) is 0 Å². The Hall–Kier alpha value is 0.742. The fourth-order valence-electron chi connectivity index (χ4n) is 0.342. The van der Waals surface area contributed by atoms with Gasteiger partial charge < -0.3 is 7.43 Å². The molecule has 0 aliphatic heterocycles. The second-order valence-corrected chi connectivity index (χ2v) is 1.08. The fraction of sp³-hybridized carbons (Fsp3) is 0. The van der Waals surface area contributed by atoms with Crippen LogP contribution in [0.1, 0.15) is 0 Å². The maximum Gasteiger partial charge on any atom is 2.00 e. The molecule has 0 spiro atoms. The largest absolute Gasteiger partial charge is 2.00 e. The standard InChI is InChI=1S/C6H5.CH3.2H3P.Pd/c1-2-4-6-5-3-1;;;;/h1-5H;3*1H3;/q2*-1;;;+2. The van der Waals surface area contributed by atoms with Crippen molar-refractivity contribution in [3.63, 3.8) is 0 Å². The van der Waals surface area contributed by atoms with Gasteiger partial charge in [0.1, 0.15) is 0 Å². The Morgan fingerprint density at radius 2 is 1.20 bits per heavy atom. The van der Waals surface area contributed by atoms with Crippen LogP contribution >= 0.6 is 19.8 Å². The number of benzene rings is 1.